The van der Waals surface area contributed by atoms with Gasteiger partial charge in [-0.3, -0.25) is 9.13 Å². The quantitative estimate of drug-likeness (QED) is 0.940. The van der Waals surface area contributed by atoms with Gasteiger partial charge in [-0.25, -0.2) is 4.79 Å². The maximum atomic E-state index is 12.8. The predicted octanol–water partition coefficient (Wildman–Crippen LogP) is 2.13. The van der Waals surface area contributed by atoms with Crippen molar-refractivity contribution >= 4 is 0 Å². The van der Waals surface area contributed by atoms with Crippen LogP contribution in [0.25, 0.3) is 5.69 Å². The van der Waals surface area contributed by atoms with Crippen molar-refractivity contribution in [2.45, 2.75) is 32.2 Å². The molecule has 2 rings (SSSR count). The summed E-state index contributed by atoms with van der Waals surface area (Å²) >= 11 is 0. The lowest BCUT2D eigenvalue weighted by Crippen LogP contribution is -2.47. The first-order valence-electron chi connectivity index (χ1n) is 6.65. The minimum Gasteiger partial charge on any atom is -0.379 e. The van der Waals surface area contributed by atoms with E-state index in [4.69, 9.17) is 5.26 Å². The topological polar surface area (TPSA) is 71.0 Å². The first-order valence-corrected chi connectivity index (χ1v) is 6.65. The van der Waals surface area contributed by atoms with Crippen LogP contribution < -0.4 is 5.69 Å². The van der Waals surface area contributed by atoms with Gasteiger partial charge in [0.15, 0.2) is 5.60 Å². The van der Waals surface area contributed by atoms with E-state index in [-0.39, 0.29) is 0 Å². The number of aliphatic hydroxyl groups is 1. The molecule has 0 bridgehead atoms. The van der Waals surface area contributed by atoms with Crippen molar-refractivity contribution in [3.8, 4) is 11.8 Å². The highest BCUT2D eigenvalue weighted by Crippen LogP contribution is 2.31. The summed E-state index contributed by atoms with van der Waals surface area (Å²) in [6.07, 6.45) is -3.60. The molecule has 0 spiro atoms. The van der Waals surface area contributed by atoms with Gasteiger partial charge in [0.05, 0.1) is 23.9 Å². The average molecular weight is 325 g/mol. The molecular weight excluding hydrogens is 311 g/mol. The molecule has 23 heavy (non-hydrogen) atoms. The van der Waals surface area contributed by atoms with Gasteiger partial charge < -0.3 is 5.11 Å². The molecule has 0 aliphatic rings. The van der Waals surface area contributed by atoms with Crippen molar-refractivity contribution in [3.05, 3.63) is 52.2 Å². The van der Waals surface area contributed by atoms with Crippen molar-refractivity contribution in [1.29, 1.82) is 5.26 Å². The van der Waals surface area contributed by atoms with Gasteiger partial charge in [-0.2, -0.15) is 18.4 Å². The highest BCUT2D eigenvalue weighted by Gasteiger charge is 2.50. The molecule has 1 aromatic carbocycles. The number of hydrogen-bond acceptors (Lipinski definition) is 3. The van der Waals surface area contributed by atoms with Crippen LogP contribution in [0.1, 0.15) is 18.2 Å². The lowest BCUT2D eigenvalue weighted by atomic mass is 10.1. The number of aryl methyl sites for hydroxylation is 1. The number of nitriles is 1. The lowest BCUT2D eigenvalue weighted by Gasteiger charge is -2.26. The van der Waals surface area contributed by atoms with E-state index >= 15 is 0 Å². The minimum atomic E-state index is -4.85. The van der Waals surface area contributed by atoms with E-state index in [0.29, 0.717) is 23.9 Å². The molecule has 122 valence electrons. The van der Waals surface area contributed by atoms with Gasteiger partial charge in [0, 0.05) is 11.9 Å². The van der Waals surface area contributed by atoms with E-state index in [2.05, 4.69) is 0 Å². The molecule has 0 aliphatic carbocycles. The van der Waals surface area contributed by atoms with Gasteiger partial charge in [-0.05, 0) is 38.1 Å². The number of rotatable bonds is 3. The summed E-state index contributed by atoms with van der Waals surface area (Å²) in [7, 11) is 0. The summed E-state index contributed by atoms with van der Waals surface area (Å²) < 4.78 is 40.3. The predicted molar refractivity (Wildman–Crippen MR) is 76.2 cm³/mol. The zero-order valence-electron chi connectivity index (χ0n) is 12.4. The van der Waals surface area contributed by atoms with Crippen LogP contribution in [0.3, 0.4) is 0 Å². The molecule has 0 saturated heterocycles. The second kappa shape index (κ2) is 5.59. The molecular formula is C15H14F3N3O2. The third-order valence-electron chi connectivity index (χ3n) is 3.48. The van der Waals surface area contributed by atoms with E-state index in [1.807, 2.05) is 6.07 Å². The summed E-state index contributed by atoms with van der Waals surface area (Å²) in [5.74, 6) is 0. The summed E-state index contributed by atoms with van der Waals surface area (Å²) in [6, 6.07) is 8.00. The van der Waals surface area contributed by atoms with Crippen LogP contribution in [0.4, 0.5) is 13.2 Å². The Bertz CT molecular complexity index is 808. The monoisotopic (exact) mass is 325 g/mol. The molecule has 0 saturated carbocycles. The SMILES string of the molecule is Cc1cn(CC(C)(O)C(F)(F)F)c(=O)n1-c1ccc(C#N)cc1. The molecule has 5 nitrogen and oxygen atoms in total. The standard InChI is InChI=1S/C15H14F3N3O2/c1-10-8-20(9-14(2,23)15(16,17)18)13(22)21(10)12-5-3-11(7-19)4-6-12/h3-6,8,23H,9H2,1-2H3. The molecule has 1 aromatic heterocycles. The molecule has 0 amide bonds. The lowest BCUT2D eigenvalue weighted by molar-refractivity contribution is -0.257. The van der Waals surface area contributed by atoms with Crippen molar-refractivity contribution < 1.29 is 18.3 Å². The number of aromatic nitrogens is 2. The Morgan fingerprint density at radius 1 is 1.26 bits per heavy atom. The van der Waals surface area contributed by atoms with E-state index in [0.717, 1.165) is 4.57 Å². The fourth-order valence-corrected chi connectivity index (χ4v) is 2.15. The Balaban J connectivity index is 2.44. The molecule has 1 atom stereocenters. The fourth-order valence-electron chi connectivity index (χ4n) is 2.15. The van der Waals surface area contributed by atoms with Gasteiger partial charge in [0.25, 0.3) is 0 Å². The van der Waals surface area contributed by atoms with E-state index in [9.17, 15) is 23.1 Å². The second-order valence-electron chi connectivity index (χ2n) is 5.45. The number of alkyl halides is 3. The number of nitrogens with zero attached hydrogens (tertiary/aromatic N) is 3. The van der Waals surface area contributed by atoms with E-state index in [1.165, 1.54) is 35.0 Å². The van der Waals surface area contributed by atoms with E-state index in [1.54, 1.807) is 6.92 Å². The third kappa shape index (κ3) is 3.14. The van der Waals surface area contributed by atoms with Gasteiger partial charge in [-0.1, -0.05) is 0 Å². The Hall–Kier alpha value is -2.53. The fraction of sp³-hybridized carbons (Fsp3) is 0.333. The van der Waals surface area contributed by atoms with Crippen molar-refractivity contribution in [3.63, 3.8) is 0 Å². The first-order chi connectivity index (χ1) is 10.6. The molecule has 0 radical (unpaired) electrons. The molecule has 0 aliphatic heterocycles. The Morgan fingerprint density at radius 3 is 2.30 bits per heavy atom. The normalized spacial score (nSPS) is 14.3. The van der Waals surface area contributed by atoms with Crippen LogP contribution in [-0.4, -0.2) is 26.0 Å². The molecule has 8 heteroatoms. The number of hydrogen-bond donors (Lipinski definition) is 1. The number of imidazole rings is 1. The third-order valence-corrected chi connectivity index (χ3v) is 3.48. The maximum Gasteiger partial charge on any atom is 0.418 e. The van der Waals surface area contributed by atoms with E-state index < -0.39 is 24.0 Å². The highest BCUT2D eigenvalue weighted by atomic mass is 19.4. The Kier molecular flexibility index (Phi) is 4.09. The molecule has 1 heterocycles. The van der Waals surface area contributed by atoms with Crippen molar-refractivity contribution in [2.24, 2.45) is 0 Å². The summed E-state index contributed by atoms with van der Waals surface area (Å²) in [5.41, 5.74) is -2.47. The molecule has 2 aromatic rings. The van der Waals surface area contributed by atoms with Crippen LogP contribution in [0.2, 0.25) is 0 Å². The number of halogens is 3. The average Bonchev–Trinajstić information content (AvgIpc) is 2.72. The van der Waals surface area contributed by atoms with Gasteiger partial charge in [0.2, 0.25) is 0 Å². The van der Waals surface area contributed by atoms with Crippen LogP contribution in [0, 0.1) is 18.3 Å². The summed E-state index contributed by atoms with van der Waals surface area (Å²) in [4.78, 5) is 12.3. The zero-order valence-corrected chi connectivity index (χ0v) is 12.4. The second-order valence-corrected chi connectivity index (χ2v) is 5.45. The minimum absolute atomic E-state index is 0.402. The number of benzene rings is 1. The molecule has 1 unspecified atom stereocenters. The zero-order chi connectivity index (χ0) is 17.4. The first kappa shape index (κ1) is 16.8. The smallest absolute Gasteiger partial charge is 0.379 e. The van der Waals surface area contributed by atoms with Crippen LogP contribution in [0.5, 0.6) is 0 Å². The highest BCUT2D eigenvalue weighted by molar-refractivity contribution is 5.40. The summed E-state index contributed by atoms with van der Waals surface area (Å²) in [5, 5.41) is 18.3. The van der Waals surface area contributed by atoms with Gasteiger partial charge in [0.1, 0.15) is 0 Å². The maximum absolute atomic E-state index is 12.8. The van der Waals surface area contributed by atoms with Crippen LogP contribution >= 0.6 is 0 Å². The Morgan fingerprint density at radius 2 is 1.83 bits per heavy atom. The van der Waals surface area contributed by atoms with Crippen molar-refractivity contribution in [2.75, 3.05) is 0 Å². The molecule has 0 fully saturated rings. The Labute approximate surface area is 129 Å². The van der Waals surface area contributed by atoms with Crippen LogP contribution in [-0.2, 0) is 6.54 Å². The van der Waals surface area contributed by atoms with Gasteiger partial charge in [-0.15, -0.1) is 0 Å². The van der Waals surface area contributed by atoms with Crippen LogP contribution in [0.15, 0.2) is 35.3 Å². The largest absolute Gasteiger partial charge is 0.418 e. The summed E-state index contributed by atoms with van der Waals surface area (Å²) in [6.45, 7) is 1.28. The molecule has 1 N–H and O–H groups in total. The van der Waals surface area contributed by atoms with Gasteiger partial charge >= 0.3 is 11.9 Å². The van der Waals surface area contributed by atoms with Crippen molar-refractivity contribution in [1.82, 2.24) is 9.13 Å².